The number of methoxy groups -OCH3 is 1. The van der Waals surface area contributed by atoms with Gasteiger partial charge in [-0.25, -0.2) is 0 Å². The zero-order chi connectivity index (χ0) is 25.9. The van der Waals surface area contributed by atoms with Crippen LogP contribution in [0.5, 0.6) is 11.5 Å². The molecule has 4 nitrogen and oxygen atoms in total. The van der Waals surface area contributed by atoms with Gasteiger partial charge in [-0.1, -0.05) is 102 Å². The van der Waals surface area contributed by atoms with Crippen LogP contribution in [0.2, 0.25) is 5.02 Å². The van der Waals surface area contributed by atoms with Crippen LogP contribution >= 0.6 is 11.6 Å². The summed E-state index contributed by atoms with van der Waals surface area (Å²) in [5, 5.41) is 14.1. The van der Waals surface area contributed by atoms with Gasteiger partial charge in [0.05, 0.1) is 7.11 Å². The Morgan fingerprint density at radius 2 is 1.57 bits per heavy atom. The van der Waals surface area contributed by atoms with Gasteiger partial charge in [0.15, 0.2) is 0 Å². The van der Waals surface area contributed by atoms with Gasteiger partial charge in [-0.2, -0.15) is 0 Å². The fraction of sp³-hybridized carbons (Fsp3) is 0.0938. The van der Waals surface area contributed by atoms with E-state index in [1.54, 1.807) is 13.2 Å². The highest BCUT2D eigenvalue weighted by Gasteiger charge is 2.13. The summed E-state index contributed by atoms with van der Waals surface area (Å²) in [5.41, 5.74) is 5.20. The number of oxime groups is 1. The molecule has 0 heterocycles. The van der Waals surface area contributed by atoms with E-state index in [-0.39, 0.29) is 0 Å². The van der Waals surface area contributed by atoms with Crippen LogP contribution in [-0.4, -0.2) is 18.0 Å². The Morgan fingerprint density at radius 3 is 2.30 bits per heavy atom. The minimum Gasteiger partial charge on any atom is -0.497 e. The Kier molecular flexibility index (Phi) is 9.17. The maximum absolute atomic E-state index is 9.84. The predicted octanol–water partition coefficient (Wildman–Crippen LogP) is 8.10. The third-order valence-electron chi connectivity index (χ3n) is 5.81. The summed E-state index contributed by atoms with van der Waals surface area (Å²) in [6.07, 6.45) is 6.03. The van der Waals surface area contributed by atoms with E-state index in [0.717, 1.165) is 39.3 Å². The summed E-state index contributed by atoms with van der Waals surface area (Å²) in [4.78, 5) is 0. The summed E-state index contributed by atoms with van der Waals surface area (Å²) in [6.45, 7) is 0.440. The molecular weight excluding hydrogens is 482 g/mol. The Bertz CT molecular complexity index is 1390. The lowest BCUT2D eigenvalue weighted by Gasteiger charge is -2.15. The SMILES string of the molecule is COc1ccc(C=CC(C=C(Cc2ccccc2Cl)c2ccccc2OCc2ccccc2)=NO)cc1. The van der Waals surface area contributed by atoms with E-state index in [1.165, 1.54) is 0 Å². The lowest BCUT2D eigenvalue weighted by molar-refractivity contribution is 0.305. The van der Waals surface area contributed by atoms with Gasteiger partial charge < -0.3 is 14.7 Å². The van der Waals surface area contributed by atoms with Gasteiger partial charge in [-0.05, 0) is 65.1 Å². The molecule has 0 spiro atoms. The standard InChI is InChI=1S/C32H28ClNO3/c1-36-29-19-16-24(17-20-29)15-18-28(34-35)22-27(21-26-11-5-7-13-31(26)33)30-12-6-8-14-32(30)37-23-25-9-3-2-4-10-25/h2-20,22,35H,21,23H2,1H3. The van der Waals surface area contributed by atoms with Crippen molar-refractivity contribution in [2.24, 2.45) is 5.16 Å². The molecule has 0 aromatic heterocycles. The van der Waals surface area contributed by atoms with Crippen molar-refractivity contribution in [3.63, 3.8) is 0 Å². The van der Waals surface area contributed by atoms with E-state index < -0.39 is 0 Å². The summed E-state index contributed by atoms with van der Waals surface area (Å²) in [5.74, 6) is 1.52. The quantitative estimate of drug-likeness (QED) is 0.133. The second-order valence-electron chi connectivity index (χ2n) is 8.34. The monoisotopic (exact) mass is 509 g/mol. The highest BCUT2D eigenvalue weighted by molar-refractivity contribution is 6.31. The minimum absolute atomic E-state index is 0.399. The number of para-hydroxylation sites is 1. The van der Waals surface area contributed by atoms with Crippen molar-refractivity contribution in [3.8, 4) is 11.5 Å². The number of ether oxygens (including phenoxy) is 2. The first-order chi connectivity index (χ1) is 18.2. The van der Waals surface area contributed by atoms with Crippen LogP contribution in [0.25, 0.3) is 11.6 Å². The molecular formula is C32H28ClNO3. The number of halogens is 1. The van der Waals surface area contributed by atoms with Crippen LogP contribution in [0.4, 0.5) is 0 Å². The average Bonchev–Trinajstić information content (AvgIpc) is 2.95. The summed E-state index contributed by atoms with van der Waals surface area (Å²) in [6, 6.07) is 33.3. The van der Waals surface area contributed by atoms with Gasteiger partial charge >= 0.3 is 0 Å². The lowest BCUT2D eigenvalue weighted by Crippen LogP contribution is -2.02. The highest BCUT2D eigenvalue weighted by atomic mass is 35.5. The van der Waals surface area contributed by atoms with Gasteiger partial charge in [-0.3, -0.25) is 0 Å². The van der Waals surface area contributed by atoms with Crippen LogP contribution < -0.4 is 9.47 Å². The number of hydrogen-bond donors (Lipinski definition) is 1. The third kappa shape index (κ3) is 7.35. The van der Waals surface area contributed by atoms with Crippen molar-refractivity contribution in [3.05, 3.63) is 143 Å². The first kappa shape index (κ1) is 25.8. The van der Waals surface area contributed by atoms with Crippen LogP contribution in [-0.2, 0) is 13.0 Å². The van der Waals surface area contributed by atoms with E-state index in [0.29, 0.717) is 23.8 Å². The van der Waals surface area contributed by atoms with Crippen LogP contribution in [0.3, 0.4) is 0 Å². The van der Waals surface area contributed by atoms with Crippen LogP contribution in [0.15, 0.2) is 120 Å². The number of rotatable bonds is 10. The summed E-state index contributed by atoms with van der Waals surface area (Å²) in [7, 11) is 1.63. The number of hydrogen-bond acceptors (Lipinski definition) is 4. The lowest BCUT2D eigenvalue weighted by atomic mass is 9.95. The third-order valence-corrected chi connectivity index (χ3v) is 6.18. The zero-order valence-electron chi connectivity index (χ0n) is 20.6. The predicted molar refractivity (Wildman–Crippen MR) is 152 cm³/mol. The Labute approximate surface area is 222 Å². The highest BCUT2D eigenvalue weighted by Crippen LogP contribution is 2.31. The topological polar surface area (TPSA) is 51.0 Å². The maximum atomic E-state index is 9.84. The summed E-state index contributed by atoms with van der Waals surface area (Å²) >= 11 is 6.51. The molecule has 4 rings (SSSR count). The molecule has 0 radical (unpaired) electrons. The Balaban J connectivity index is 1.67. The van der Waals surface area contributed by atoms with E-state index in [1.807, 2.05) is 115 Å². The number of benzene rings is 4. The van der Waals surface area contributed by atoms with E-state index in [4.69, 9.17) is 21.1 Å². The minimum atomic E-state index is 0.399. The van der Waals surface area contributed by atoms with Crippen molar-refractivity contribution in [2.75, 3.05) is 7.11 Å². The van der Waals surface area contributed by atoms with Gasteiger partial charge in [-0.15, -0.1) is 0 Å². The molecule has 4 aromatic carbocycles. The van der Waals surface area contributed by atoms with Gasteiger partial charge in [0.1, 0.15) is 23.8 Å². The zero-order valence-corrected chi connectivity index (χ0v) is 21.3. The number of allylic oxidation sites excluding steroid dienone is 3. The molecule has 0 aliphatic carbocycles. The molecule has 1 N–H and O–H groups in total. The fourth-order valence-corrected chi connectivity index (χ4v) is 4.05. The second kappa shape index (κ2) is 13.1. The molecule has 186 valence electrons. The van der Waals surface area contributed by atoms with Gasteiger partial charge in [0.25, 0.3) is 0 Å². The molecule has 0 saturated carbocycles. The van der Waals surface area contributed by atoms with Crippen molar-refractivity contribution >= 4 is 29.0 Å². The molecule has 0 atom stereocenters. The van der Waals surface area contributed by atoms with Gasteiger partial charge in [0.2, 0.25) is 0 Å². The Hall–Kier alpha value is -4.28. The van der Waals surface area contributed by atoms with E-state index in [9.17, 15) is 5.21 Å². The summed E-state index contributed by atoms with van der Waals surface area (Å²) < 4.78 is 11.5. The molecule has 5 heteroatoms. The van der Waals surface area contributed by atoms with E-state index >= 15 is 0 Å². The van der Waals surface area contributed by atoms with Crippen molar-refractivity contribution < 1.29 is 14.7 Å². The smallest absolute Gasteiger partial charge is 0.127 e. The molecule has 0 unspecified atom stereocenters. The first-order valence-corrected chi connectivity index (χ1v) is 12.3. The van der Waals surface area contributed by atoms with Crippen molar-refractivity contribution in [1.82, 2.24) is 0 Å². The number of nitrogens with zero attached hydrogens (tertiary/aromatic N) is 1. The molecule has 4 aromatic rings. The van der Waals surface area contributed by atoms with Crippen LogP contribution in [0, 0.1) is 0 Å². The Morgan fingerprint density at radius 1 is 0.865 bits per heavy atom. The first-order valence-electron chi connectivity index (χ1n) is 11.9. The molecule has 0 aliphatic heterocycles. The van der Waals surface area contributed by atoms with Crippen molar-refractivity contribution in [1.29, 1.82) is 0 Å². The maximum Gasteiger partial charge on any atom is 0.127 e. The molecule has 0 amide bonds. The van der Waals surface area contributed by atoms with Crippen molar-refractivity contribution in [2.45, 2.75) is 13.0 Å². The second-order valence-corrected chi connectivity index (χ2v) is 8.75. The van der Waals surface area contributed by atoms with Gasteiger partial charge in [0, 0.05) is 10.6 Å². The molecule has 0 aliphatic rings. The largest absolute Gasteiger partial charge is 0.497 e. The normalized spacial score (nSPS) is 12.1. The fourth-order valence-electron chi connectivity index (χ4n) is 3.85. The van der Waals surface area contributed by atoms with Crippen LogP contribution in [0.1, 0.15) is 22.3 Å². The molecule has 0 bridgehead atoms. The average molecular weight is 510 g/mol. The molecule has 0 saturated heterocycles. The van der Waals surface area contributed by atoms with E-state index in [2.05, 4.69) is 5.16 Å². The molecule has 37 heavy (non-hydrogen) atoms. The molecule has 0 fully saturated rings.